The first kappa shape index (κ1) is 13.5. The highest BCUT2D eigenvalue weighted by atomic mass is 16.3. The predicted octanol–water partition coefficient (Wildman–Crippen LogP) is 1.58. The van der Waals surface area contributed by atoms with E-state index in [1.165, 1.54) is 5.56 Å². The maximum Gasteiger partial charge on any atom is 0.0664 e. The Balaban J connectivity index is 1.73. The normalized spacial score (nSPS) is 19.9. The summed E-state index contributed by atoms with van der Waals surface area (Å²) >= 11 is 0. The zero-order chi connectivity index (χ0) is 12.8. The lowest BCUT2D eigenvalue weighted by Crippen LogP contribution is -2.48. The van der Waals surface area contributed by atoms with E-state index in [4.69, 9.17) is 0 Å². The van der Waals surface area contributed by atoms with Crippen molar-refractivity contribution < 1.29 is 5.11 Å². The number of hydrogen-bond acceptors (Lipinski definition) is 3. The van der Waals surface area contributed by atoms with Gasteiger partial charge in [0.1, 0.15) is 0 Å². The first-order chi connectivity index (χ1) is 8.78. The lowest BCUT2D eigenvalue weighted by Gasteiger charge is -2.35. The molecule has 0 bridgehead atoms. The summed E-state index contributed by atoms with van der Waals surface area (Å²) in [7, 11) is 0. The van der Waals surface area contributed by atoms with Crippen LogP contribution in [0.5, 0.6) is 0 Å². The van der Waals surface area contributed by atoms with Gasteiger partial charge in [-0.25, -0.2) is 0 Å². The highest BCUT2D eigenvalue weighted by Gasteiger charge is 2.18. The average molecular weight is 248 g/mol. The van der Waals surface area contributed by atoms with Crippen molar-refractivity contribution in [3.05, 3.63) is 35.9 Å². The summed E-state index contributed by atoms with van der Waals surface area (Å²) in [5, 5.41) is 9.66. The fourth-order valence-electron chi connectivity index (χ4n) is 2.40. The van der Waals surface area contributed by atoms with E-state index >= 15 is 0 Å². The Morgan fingerprint density at radius 1 is 1.06 bits per heavy atom. The summed E-state index contributed by atoms with van der Waals surface area (Å²) in [6.07, 6.45) is 0.690. The molecule has 1 unspecified atom stereocenters. The van der Waals surface area contributed by atoms with Crippen LogP contribution >= 0.6 is 0 Å². The van der Waals surface area contributed by atoms with Gasteiger partial charge in [-0.3, -0.25) is 9.80 Å². The smallest absolute Gasteiger partial charge is 0.0664 e. The third kappa shape index (κ3) is 4.09. The fourth-order valence-corrected chi connectivity index (χ4v) is 2.40. The summed E-state index contributed by atoms with van der Waals surface area (Å²) in [4.78, 5) is 4.86. The maximum atomic E-state index is 9.66. The zero-order valence-corrected chi connectivity index (χ0v) is 11.3. The number of benzene rings is 1. The molecule has 1 aromatic carbocycles. The van der Waals surface area contributed by atoms with Gasteiger partial charge in [-0.1, -0.05) is 37.3 Å². The topological polar surface area (TPSA) is 26.7 Å². The number of aliphatic hydroxyl groups is 1. The van der Waals surface area contributed by atoms with Crippen LogP contribution in [0.3, 0.4) is 0 Å². The van der Waals surface area contributed by atoms with Gasteiger partial charge in [-0.05, 0) is 12.0 Å². The Kier molecular flexibility index (Phi) is 5.17. The third-order valence-corrected chi connectivity index (χ3v) is 3.65. The highest BCUT2D eigenvalue weighted by molar-refractivity contribution is 5.14. The van der Waals surface area contributed by atoms with Crippen molar-refractivity contribution in [2.45, 2.75) is 26.0 Å². The van der Waals surface area contributed by atoms with Crippen LogP contribution in [0, 0.1) is 0 Å². The van der Waals surface area contributed by atoms with E-state index in [0.717, 1.165) is 45.7 Å². The number of hydrogen-bond donors (Lipinski definition) is 1. The minimum Gasteiger partial charge on any atom is -0.392 e. The van der Waals surface area contributed by atoms with Gasteiger partial charge in [0.05, 0.1) is 6.10 Å². The van der Waals surface area contributed by atoms with Crippen LogP contribution in [0.1, 0.15) is 18.9 Å². The molecule has 1 fully saturated rings. The maximum absolute atomic E-state index is 9.66. The van der Waals surface area contributed by atoms with Crippen LogP contribution in [0.25, 0.3) is 0 Å². The van der Waals surface area contributed by atoms with E-state index in [9.17, 15) is 5.11 Å². The second kappa shape index (κ2) is 6.88. The summed E-state index contributed by atoms with van der Waals surface area (Å²) < 4.78 is 0. The van der Waals surface area contributed by atoms with Crippen LogP contribution in [0.2, 0.25) is 0 Å². The lowest BCUT2D eigenvalue weighted by atomic mass is 10.2. The van der Waals surface area contributed by atoms with E-state index in [1.807, 2.05) is 6.92 Å². The molecule has 1 aliphatic heterocycles. The van der Waals surface area contributed by atoms with Gasteiger partial charge in [-0.2, -0.15) is 0 Å². The summed E-state index contributed by atoms with van der Waals surface area (Å²) in [5.74, 6) is 0. The molecule has 3 heteroatoms. The molecule has 0 spiro atoms. The number of piperazine rings is 1. The van der Waals surface area contributed by atoms with Gasteiger partial charge in [0, 0.05) is 39.3 Å². The van der Waals surface area contributed by atoms with Gasteiger partial charge >= 0.3 is 0 Å². The second-order valence-electron chi connectivity index (χ2n) is 5.12. The molecule has 1 aromatic rings. The van der Waals surface area contributed by atoms with Crippen LogP contribution in [0.15, 0.2) is 30.3 Å². The Morgan fingerprint density at radius 2 is 1.67 bits per heavy atom. The van der Waals surface area contributed by atoms with Gasteiger partial charge in [0.15, 0.2) is 0 Å². The molecule has 18 heavy (non-hydrogen) atoms. The van der Waals surface area contributed by atoms with E-state index in [0.29, 0.717) is 0 Å². The molecule has 1 heterocycles. The van der Waals surface area contributed by atoms with Crippen molar-refractivity contribution in [1.82, 2.24) is 9.80 Å². The van der Waals surface area contributed by atoms with Gasteiger partial charge in [0.2, 0.25) is 0 Å². The number of aliphatic hydroxyl groups excluding tert-OH is 1. The fraction of sp³-hybridized carbons (Fsp3) is 0.600. The van der Waals surface area contributed by atoms with Crippen molar-refractivity contribution in [2.75, 3.05) is 32.7 Å². The van der Waals surface area contributed by atoms with Crippen molar-refractivity contribution in [1.29, 1.82) is 0 Å². The SMILES string of the molecule is CCC(O)CN1CCN(Cc2ccccc2)CC1. The van der Waals surface area contributed by atoms with Crippen LogP contribution in [0.4, 0.5) is 0 Å². The number of nitrogens with zero attached hydrogens (tertiary/aromatic N) is 2. The molecular formula is C15H24N2O. The van der Waals surface area contributed by atoms with Crippen molar-refractivity contribution in [3.63, 3.8) is 0 Å². The standard InChI is InChI=1S/C15H24N2O/c1-2-15(18)13-17-10-8-16(9-11-17)12-14-6-4-3-5-7-14/h3-7,15,18H,2,8-13H2,1H3. The molecule has 0 aromatic heterocycles. The molecule has 1 N–H and O–H groups in total. The minimum atomic E-state index is -0.161. The predicted molar refractivity (Wildman–Crippen MR) is 74.5 cm³/mol. The van der Waals surface area contributed by atoms with E-state index < -0.39 is 0 Å². The molecule has 1 aliphatic rings. The molecular weight excluding hydrogens is 224 g/mol. The molecule has 1 atom stereocenters. The van der Waals surface area contributed by atoms with Gasteiger partial charge < -0.3 is 5.11 Å². The highest BCUT2D eigenvalue weighted by Crippen LogP contribution is 2.09. The van der Waals surface area contributed by atoms with E-state index in [-0.39, 0.29) is 6.10 Å². The van der Waals surface area contributed by atoms with Crippen molar-refractivity contribution in [2.24, 2.45) is 0 Å². The van der Waals surface area contributed by atoms with Crippen molar-refractivity contribution >= 4 is 0 Å². The van der Waals surface area contributed by atoms with E-state index in [2.05, 4.69) is 40.1 Å². The quantitative estimate of drug-likeness (QED) is 0.857. The average Bonchev–Trinajstić information content (AvgIpc) is 2.42. The zero-order valence-electron chi connectivity index (χ0n) is 11.3. The molecule has 0 saturated carbocycles. The van der Waals surface area contributed by atoms with Crippen LogP contribution in [-0.4, -0.2) is 53.7 Å². The largest absolute Gasteiger partial charge is 0.392 e. The summed E-state index contributed by atoms with van der Waals surface area (Å²) in [6, 6.07) is 10.6. The first-order valence-electron chi connectivity index (χ1n) is 6.94. The van der Waals surface area contributed by atoms with Crippen LogP contribution < -0.4 is 0 Å². The molecule has 2 rings (SSSR count). The first-order valence-corrected chi connectivity index (χ1v) is 6.94. The van der Waals surface area contributed by atoms with Gasteiger partial charge in [-0.15, -0.1) is 0 Å². The number of rotatable bonds is 5. The Bertz CT molecular complexity index is 334. The number of β-amino-alcohol motifs (C(OH)–C–C–N with tert-alkyl or cyclic N) is 1. The summed E-state index contributed by atoms with van der Waals surface area (Å²) in [6.45, 7) is 8.27. The molecule has 1 saturated heterocycles. The van der Waals surface area contributed by atoms with Crippen molar-refractivity contribution in [3.8, 4) is 0 Å². The third-order valence-electron chi connectivity index (χ3n) is 3.65. The minimum absolute atomic E-state index is 0.161. The molecule has 3 nitrogen and oxygen atoms in total. The second-order valence-corrected chi connectivity index (χ2v) is 5.12. The lowest BCUT2D eigenvalue weighted by molar-refractivity contribution is 0.0687. The van der Waals surface area contributed by atoms with Crippen LogP contribution in [-0.2, 0) is 6.54 Å². The molecule has 0 amide bonds. The monoisotopic (exact) mass is 248 g/mol. The van der Waals surface area contributed by atoms with Gasteiger partial charge in [0.25, 0.3) is 0 Å². The summed E-state index contributed by atoms with van der Waals surface area (Å²) in [5.41, 5.74) is 1.39. The molecule has 0 radical (unpaired) electrons. The Morgan fingerprint density at radius 3 is 2.28 bits per heavy atom. The Labute approximate surface area is 110 Å². The van der Waals surface area contributed by atoms with E-state index in [1.54, 1.807) is 0 Å². The Hall–Kier alpha value is -0.900. The molecule has 100 valence electrons. The molecule has 0 aliphatic carbocycles.